The summed E-state index contributed by atoms with van der Waals surface area (Å²) in [4.78, 5) is 4.19. The molecule has 1 fully saturated rings. The summed E-state index contributed by atoms with van der Waals surface area (Å²) in [5, 5.41) is 16.8. The molecule has 0 amide bonds. The number of hydrogen-bond donors (Lipinski definition) is 3. The minimum Gasteiger partial charge on any atom is -0.464 e. The van der Waals surface area contributed by atoms with Crippen LogP contribution in [0.3, 0.4) is 0 Å². The first-order chi connectivity index (χ1) is 9.52. The molecular weight excluding hydrogens is 274 g/mol. The number of thioether (sulfide) groups is 1. The van der Waals surface area contributed by atoms with Gasteiger partial charge in [-0.3, -0.25) is 4.99 Å². The van der Waals surface area contributed by atoms with E-state index in [-0.39, 0.29) is 6.04 Å². The maximum absolute atomic E-state index is 10.3. The zero-order chi connectivity index (χ0) is 14.6. The zero-order valence-corrected chi connectivity index (χ0v) is 13.1. The summed E-state index contributed by atoms with van der Waals surface area (Å²) in [5.41, 5.74) is -0.618. The molecule has 3 N–H and O–H groups in total. The third kappa shape index (κ3) is 3.93. The number of furan rings is 1. The van der Waals surface area contributed by atoms with Crippen molar-refractivity contribution in [3.63, 3.8) is 0 Å². The van der Waals surface area contributed by atoms with Gasteiger partial charge in [-0.25, -0.2) is 0 Å². The fourth-order valence-corrected chi connectivity index (χ4v) is 3.44. The van der Waals surface area contributed by atoms with Gasteiger partial charge in [0.2, 0.25) is 0 Å². The van der Waals surface area contributed by atoms with Gasteiger partial charge in [-0.2, -0.15) is 11.8 Å². The van der Waals surface area contributed by atoms with Crippen molar-refractivity contribution in [1.82, 2.24) is 10.6 Å². The highest BCUT2D eigenvalue weighted by Crippen LogP contribution is 2.26. The molecule has 0 bridgehead atoms. The lowest BCUT2D eigenvalue weighted by Crippen LogP contribution is -2.47. The van der Waals surface area contributed by atoms with Crippen LogP contribution in [0.2, 0.25) is 0 Å². The molecule has 1 aliphatic heterocycles. The van der Waals surface area contributed by atoms with Crippen LogP contribution >= 0.6 is 11.8 Å². The second-order valence-corrected chi connectivity index (χ2v) is 6.37. The molecule has 112 valence electrons. The average Bonchev–Trinajstić information content (AvgIpc) is 3.04. The third-order valence-electron chi connectivity index (χ3n) is 3.43. The van der Waals surface area contributed by atoms with Crippen molar-refractivity contribution in [3.8, 4) is 0 Å². The van der Waals surface area contributed by atoms with E-state index in [1.54, 1.807) is 18.8 Å². The molecule has 20 heavy (non-hydrogen) atoms. The van der Waals surface area contributed by atoms with Crippen LogP contribution in [0.15, 0.2) is 21.5 Å². The fraction of sp³-hybridized carbons (Fsp3) is 0.643. The first-order valence-electron chi connectivity index (χ1n) is 6.86. The van der Waals surface area contributed by atoms with E-state index >= 15 is 0 Å². The summed E-state index contributed by atoms with van der Waals surface area (Å²) < 4.78 is 5.59. The van der Waals surface area contributed by atoms with Crippen LogP contribution in [-0.2, 0) is 0 Å². The van der Waals surface area contributed by atoms with Crippen LogP contribution < -0.4 is 10.6 Å². The van der Waals surface area contributed by atoms with Gasteiger partial charge in [0.05, 0.1) is 11.6 Å². The van der Waals surface area contributed by atoms with Crippen molar-refractivity contribution in [2.75, 3.05) is 25.1 Å². The number of rotatable bonds is 4. The number of nitrogens with one attached hydrogen (secondary N) is 2. The Labute approximate surface area is 124 Å². The summed E-state index contributed by atoms with van der Waals surface area (Å²) in [6, 6.07) is 3.94. The van der Waals surface area contributed by atoms with Gasteiger partial charge in [0.25, 0.3) is 0 Å². The zero-order valence-electron chi connectivity index (χ0n) is 12.3. The maximum Gasteiger partial charge on any atom is 0.191 e. The first kappa shape index (κ1) is 15.3. The van der Waals surface area contributed by atoms with Crippen molar-refractivity contribution in [3.05, 3.63) is 23.7 Å². The number of guanidine groups is 1. The topological polar surface area (TPSA) is 69.8 Å². The van der Waals surface area contributed by atoms with Crippen LogP contribution in [-0.4, -0.2) is 41.8 Å². The summed E-state index contributed by atoms with van der Waals surface area (Å²) in [6.45, 7) is 4.46. The summed E-state index contributed by atoms with van der Waals surface area (Å²) >= 11 is 1.79. The molecule has 0 radical (unpaired) electrons. The Balaban J connectivity index is 1.86. The first-order valence-corrected chi connectivity index (χ1v) is 8.01. The Kier molecular flexibility index (Phi) is 4.99. The lowest BCUT2D eigenvalue weighted by Gasteiger charge is -2.24. The predicted molar refractivity (Wildman–Crippen MR) is 83.2 cm³/mol. The van der Waals surface area contributed by atoms with E-state index in [9.17, 15) is 5.11 Å². The minimum absolute atomic E-state index is 0.0301. The van der Waals surface area contributed by atoms with Crippen molar-refractivity contribution in [2.45, 2.75) is 31.9 Å². The molecule has 2 unspecified atom stereocenters. The third-order valence-corrected chi connectivity index (χ3v) is 4.67. The summed E-state index contributed by atoms with van der Waals surface area (Å²) in [6.07, 6.45) is 0.828. The summed E-state index contributed by atoms with van der Waals surface area (Å²) in [7, 11) is 1.73. The van der Waals surface area contributed by atoms with Gasteiger partial charge >= 0.3 is 0 Å². The number of aryl methyl sites for hydroxylation is 1. The van der Waals surface area contributed by atoms with E-state index in [0.29, 0.717) is 12.5 Å². The van der Waals surface area contributed by atoms with Crippen molar-refractivity contribution in [2.24, 2.45) is 4.99 Å². The second kappa shape index (κ2) is 6.54. The number of aliphatic hydroxyl groups is 1. The Bertz CT molecular complexity index is 467. The Morgan fingerprint density at radius 1 is 1.60 bits per heavy atom. The van der Waals surface area contributed by atoms with Gasteiger partial charge in [0.15, 0.2) is 5.96 Å². The highest BCUT2D eigenvalue weighted by Gasteiger charge is 2.31. The number of hydrogen-bond acceptors (Lipinski definition) is 4. The molecule has 2 rings (SSSR count). The molecule has 1 saturated heterocycles. The Morgan fingerprint density at radius 3 is 2.95 bits per heavy atom. The second-order valence-electron chi connectivity index (χ2n) is 5.27. The van der Waals surface area contributed by atoms with E-state index in [4.69, 9.17) is 4.42 Å². The van der Waals surface area contributed by atoms with Gasteiger partial charge in [0, 0.05) is 19.3 Å². The smallest absolute Gasteiger partial charge is 0.191 e. The standard InChI is InChI=1S/C14H23N3O2S/c1-10-4-5-12(19-10)11(2)17-13(15-3)16-8-14(18)6-7-20-9-14/h4-5,11,18H,6-9H2,1-3H3,(H2,15,16,17). The average molecular weight is 297 g/mol. The fourth-order valence-electron chi connectivity index (χ4n) is 2.14. The molecule has 2 atom stereocenters. The largest absolute Gasteiger partial charge is 0.464 e. The van der Waals surface area contributed by atoms with Gasteiger partial charge in [0.1, 0.15) is 11.5 Å². The molecule has 0 aromatic carbocycles. The maximum atomic E-state index is 10.3. The van der Waals surface area contributed by atoms with Crippen molar-refractivity contribution < 1.29 is 9.52 Å². The molecule has 5 nitrogen and oxygen atoms in total. The molecule has 1 aromatic rings. The van der Waals surface area contributed by atoms with Crippen LogP contribution in [0.5, 0.6) is 0 Å². The number of aliphatic imine (C=N–C) groups is 1. The van der Waals surface area contributed by atoms with E-state index in [1.165, 1.54) is 0 Å². The molecular formula is C14H23N3O2S. The van der Waals surface area contributed by atoms with E-state index in [1.807, 2.05) is 26.0 Å². The van der Waals surface area contributed by atoms with Gasteiger partial charge in [-0.05, 0) is 38.2 Å². The molecule has 6 heteroatoms. The van der Waals surface area contributed by atoms with Crippen molar-refractivity contribution >= 4 is 17.7 Å². The Morgan fingerprint density at radius 2 is 2.40 bits per heavy atom. The number of nitrogens with zero attached hydrogens (tertiary/aromatic N) is 1. The predicted octanol–water partition coefficient (Wildman–Crippen LogP) is 1.68. The van der Waals surface area contributed by atoms with E-state index in [0.717, 1.165) is 29.4 Å². The lowest BCUT2D eigenvalue weighted by molar-refractivity contribution is 0.0724. The molecule has 1 aromatic heterocycles. The monoisotopic (exact) mass is 297 g/mol. The molecule has 0 saturated carbocycles. The summed E-state index contributed by atoms with van der Waals surface area (Å²) in [5.74, 6) is 4.25. The van der Waals surface area contributed by atoms with E-state index < -0.39 is 5.60 Å². The van der Waals surface area contributed by atoms with Crippen LogP contribution in [0.4, 0.5) is 0 Å². The van der Waals surface area contributed by atoms with Crippen LogP contribution in [0, 0.1) is 6.92 Å². The SMILES string of the molecule is CN=C(NCC1(O)CCSC1)NC(C)c1ccc(C)o1. The quantitative estimate of drug-likeness (QED) is 0.583. The van der Waals surface area contributed by atoms with Gasteiger partial charge in [-0.15, -0.1) is 0 Å². The molecule has 0 spiro atoms. The van der Waals surface area contributed by atoms with Gasteiger partial charge < -0.3 is 20.2 Å². The molecule has 1 aliphatic rings. The van der Waals surface area contributed by atoms with Crippen molar-refractivity contribution in [1.29, 1.82) is 0 Å². The lowest BCUT2D eigenvalue weighted by atomic mass is 10.0. The normalized spacial score (nSPS) is 24.7. The molecule has 2 heterocycles. The van der Waals surface area contributed by atoms with Crippen LogP contribution in [0.1, 0.15) is 30.9 Å². The van der Waals surface area contributed by atoms with Crippen LogP contribution in [0.25, 0.3) is 0 Å². The minimum atomic E-state index is -0.618. The van der Waals surface area contributed by atoms with E-state index in [2.05, 4.69) is 15.6 Å². The highest BCUT2D eigenvalue weighted by molar-refractivity contribution is 7.99. The Hall–Kier alpha value is -1.14. The van der Waals surface area contributed by atoms with Gasteiger partial charge in [-0.1, -0.05) is 0 Å². The molecule has 0 aliphatic carbocycles. The highest BCUT2D eigenvalue weighted by atomic mass is 32.2.